The van der Waals surface area contributed by atoms with Gasteiger partial charge in [0.25, 0.3) is 5.91 Å². The summed E-state index contributed by atoms with van der Waals surface area (Å²) in [6.07, 6.45) is 4.79. The number of piperidine rings is 1. The maximum absolute atomic E-state index is 12.7. The van der Waals surface area contributed by atoms with E-state index in [1.807, 2.05) is 11.8 Å². The van der Waals surface area contributed by atoms with Gasteiger partial charge in [0, 0.05) is 26.2 Å². The minimum absolute atomic E-state index is 0.0236. The summed E-state index contributed by atoms with van der Waals surface area (Å²) in [4.78, 5) is 17.2. The number of carbonyl (C=O) groups excluding carboxylic acids is 1. The van der Waals surface area contributed by atoms with Crippen LogP contribution in [0.2, 0.25) is 0 Å². The summed E-state index contributed by atoms with van der Waals surface area (Å²) in [6, 6.07) is 0.655. The largest absolute Gasteiger partial charge is 0.395 e. The van der Waals surface area contributed by atoms with Crippen LogP contribution in [0.15, 0.2) is 0 Å². The van der Waals surface area contributed by atoms with Crippen molar-refractivity contribution in [3.05, 3.63) is 11.4 Å². The third-order valence-corrected chi connectivity index (χ3v) is 4.88. The van der Waals surface area contributed by atoms with Crippen molar-refractivity contribution in [1.29, 1.82) is 0 Å². The zero-order chi connectivity index (χ0) is 15.0. The van der Waals surface area contributed by atoms with Gasteiger partial charge >= 0.3 is 0 Å². The molecule has 0 spiro atoms. The average Bonchev–Trinajstić information content (AvgIpc) is 3.08. The number of amides is 1. The number of hydrogen-bond donors (Lipinski definition) is 1. The van der Waals surface area contributed by atoms with Crippen molar-refractivity contribution in [1.82, 2.24) is 19.6 Å². The highest BCUT2D eigenvalue weighted by molar-refractivity contribution is 5.98. The number of hydrogen-bond acceptors (Lipinski definition) is 4. The Kier molecular flexibility index (Phi) is 3.89. The standard InChI is InChI=1S/C15H25N5O/c1-11-13(16)14(18(2)17-11)15(21)20-9-5-12(6-10-20)19-7-3-4-8-19/h12H,3-10,16H2,1-2H3. The van der Waals surface area contributed by atoms with Gasteiger partial charge in [-0.1, -0.05) is 0 Å². The minimum Gasteiger partial charge on any atom is -0.395 e. The van der Waals surface area contributed by atoms with Crippen LogP contribution in [-0.2, 0) is 7.05 Å². The Labute approximate surface area is 125 Å². The van der Waals surface area contributed by atoms with Gasteiger partial charge in [-0.05, 0) is 45.7 Å². The maximum Gasteiger partial charge on any atom is 0.274 e. The molecule has 3 heterocycles. The molecule has 1 amide bonds. The number of nitrogens with zero attached hydrogens (tertiary/aromatic N) is 4. The summed E-state index contributed by atoms with van der Waals surface area (Å²) in [6.45, 7) is 5.94. The van der Waals surface area contributed by atoms with Crippen molar-refractivity contribution in [2.45, 2.75) is 38.6 Å². The van der Waals surface area contributed by atoms with Crippen molar-refractivity contribution >= 4 is 11.6 Å². The molecule has 2 aliphatic heterocycles. The quantitative estimate of drug-likeness (QED) is 0.883. The highest BCUT2D eigenvalue weighted by Crippen LogP contribution is 2.24. The predicted molar refractivity (Wildman–Crippen MR) is 82.1 cm³/mol. The van der Waals surface area contributed by atoms with Gasteiger partial charge in [0.1, 0.15) is 5.69 Å². The van der Waals surface area contributed by atoms with E-state index in [1.165, 1.54) is 25.9 Å². The Balaban J connectivity index is 1.65. The number of aryl methyl sites for hydroxylation is 2. The van der Waals surface area contributed by atoms with Crippen molar-refractivity contribution < 1.29 is 4.79 Å². The molecule has 0 atom stereocenters. The van der Waals surface area contributed by atoms with E-state index < -0.39 is 0 Å². The number of aromatic nitrogens is 2. The molecule has 2 fully saturated rings. The summed E-state index contributed by atoms with van der Waals surface area (Å²) in [5, 5.41) is 4.24. The highest BCUT2D eigenvalue weighted by Gasteiger charge is 2.30. The normalized spacial score (nSPS) is 21.1. The van der Waals surface area contributed by atoms with Crippen LogP contribution in [0.1, 0.15) is 41.9 Å². The van der Waals surface area contributed by atoms with Gasteiger partial charge in [0.05, 0.1) is 11.4 Å². The molecule has 0 unspecified atom stereocenters. The molecule has 3 rings (SSSR count). The SMILES string of the molecule is Cc1nn(C)c(C(=O)N2CCC(N3CCCC3)CC2)c1N. The Morgan fingerprint density at radius 3 is 2.33 bits per heavy atom. The van der Waals surface area contributed by atoms with E-state index in [0.717, 1.165) is 31.6 Å². The molecule has 1 aromatic heterocycles. The van der Waals surface area contributed by atoms with Gasteiger partial charge in [-0.25, -0.2) is 0 Å². The van der Waals surface area contributed by atoms with Gasteiger partial charge in [-0.2, -0.15) is 5.10 Å². The average molecular weight is 291 g/mol. The molecule has 0 saturated carbocycles. The summed E-state index contributed by atoms with van der Waals surface area (Å²) in [5.74, 6) is 0.0236. The molecule has 2 saturated heterocycles. The lowest BCUT2D eigenvalue weighted by Crippen LogP contribution is -2.46. The van der Waals surface area contributed by atoms with Crippen LogP contribution in [0.5, 0.6) is 0 Å². The van der Waals surface area contributed by atoms with Crippen LogP contribution < -0.4 is 5.73 Å². The first-order valence-electron chi connectivity index (χ1n) is 7.90. The molecule has 0 aromatic carbocycles. The number of nitrogen functional groups attached to an aromatic ring is 1. The second kappa shape index (κ2) is 5.67. The van der Waals surface area contributed by atoms with Crippen LogP contribution >= 0.6 is 0 Å². The summed E-state index contributed by atoms with van der Waals surface area (Å²) in [5.41, 5.74) is 7.78. The molecule has 0 aliphatic carbocycles. The molecule has 2 aliphatic rings. The monoisotopic (exact) mass is 291 g/mol. The van der Waals surface area contributed by atoms with E-state index in [-0.39, 0.29) is 5.91 Å². The van der Waals surface area contributed by atoms with E-state index in [9.17, 15) is 4.79 Å². The fourth-order valence-electron chi connectivity index (χ4n) is 3.62. The van der Waals surface area contributed by atoms with E-state index in [2.05, 4.69) is 10.00 Å². The van der Waals surface area contributed by atoms with Gasteiger partial charge in [0.15, 0.2) is 0 Å². The topological polar surface area (TPSA) is 67.4 Å². The second-order valence-electron chi connectivity index (χ2n) is 6.24. The van der Waals surface area contributed by atoms with Gasteiger partial charge < -0.3 is 15.5 Å². The first-order valence-corrected chi connectivity index (χ1v) is 7.90. The summed E-state index contributed by atoms with van der Waals surface area (Å²) in [7, 11) is 1.79. The molecule has 6 nitrogen and oxygen atoms in total. The Morgan fingerprint density at radius 2 is 1.81 bits per heavy atom. The summed E-state index contributed by atoms with van der Waals surface area (Å²) < 4.78 is 1.61. The third kappa shape index (κ3) is 2.64. The Bertz CT molecular complexity index is 524. The molecule has 2 N–H and O–H groups in total. The minimum atomic E-state index is 0.0236. The fourth-order valence-corrected chi connectivity index (χ4v) is 3.62. The zero-order valence-electron chi connectivity index (χ0n) is 13.0. The van der Waals surface area contributed by atoms with Gasteiger partial charge in [-0.3, -0.25) is 9.48 Å². The number of likely N-dealkylation sites (tertiary alicyclic amines) is 2. The fraction of sp³-hybridized carbons (Fsp3) is 0.733. The molecule has 116 valence electrons. The predicted octanol–water partition coefficient (Wildman–Crippen LogP) is 1.01. The van der Waals surface area contributed by atoms with Crippen LogP contribution in [-0.4, -0.2) is 57.7 Å². The van der Waals surface area contributed by atoms with Gasteiger partial charge in [-0.15, -0.1) is 0 Å². The second-order valence-corrected chi connectivity index (χ2v) is 6.24. The van der Waals surface area contributed by atoms with Crippen LogP contribution in [0.3, 0.4) is 0 Å². The van der Waals surface area contributed by atoms with Crippen molar-refractivity contribution in [3.63, 3.8) is 0 Å². The van der Waals surface area contributed by atoms with Crippen molar-refractivity contribution in [3.8, 4) is 0 Å². The van der Waals surface area contributed by atoms with E-state index in [4.69, 9.17) is 5.73 Å². The number of anilines is 1. The smallest absolute Gasteiger partial charge is 0.274 e. The molecule has 6 heteroatoms. The van der Waals surface area contributed by atoms with E-state index >= 15 is 0 Å². The zero-order valence-corrected chi connectivity index (χ0v) is 13.0. The molecule has 21 heavy (non-hydrogen) atoms. The number of nitrogens with two attached hydrogens (primary N) is 1. The van der Waals surface area contributed by atoms with E-state index in [0.29, 0.717) is 17.4 Å². The highest BCUT2D eigenvalue weighted by atomic mass is 16.2. The van der Waals surface area contributed by atoms with Crippen LogP contribution in [0.4, 0.5) is 5.69 Å². The molecule has 1 aromatic rings. The molecule has 0 bridgehead atoms. The number of carbonyl (C=O) groups is 1. The Morgan fingerprint density at radius 1 is 1.19 bits per heavy atom. The van der Waals surface area contributed by atoms with E-state index in [1.54, 1.807) is 11.7 Å². The molecular formula is C15H25N5O. The maximum atomic E-state index is 12.7. The van der Waals surface area contributed by atoms with Crippen LogP contribution in [0, 0.1) is 6.92 Å². The lowest BCUT2D eigenvalue weighted by Gasteiger charge is -2.36. The first kappa shape index (κ1) is 14.4. The van der Waals surface area contributed by atoms with Crippen molar-refractivity contribution in [2.75, 3.05) is 31.9 Å². The van der Waals surface area contributed by atoms with Gasteiger partial charge in [0.2, 0.25) is 0 Å². The lowest BCUT2D eigenvalue weighted by atomic mass is 10.0. The third-order valence-electron chi connectivity index (χ3n) is 4.88. The Hall–Kier alpha value is -1.56. The van der Waals surface area contributed by atoms with Crippen LogP contribution in [0.25, 0.3) is 0 Å². The first-order chi connectivity index (χ1) is 10.1. The summed E-state index contributed by atoms with van der Waals surface area (Å²) >= 11 is 0. The number of rotatable bonds is 2. The lowest BCUT2D eigenvalue weighted by molar-refractivity contribution is 0.0635. The molecule has 0 radical (unpaired) electrons. The van der Waals surface area contributed by atoms with Crippen molar-refractivity contribution in [2.24, 2.45) is 7.05 Å². The molecular weight excluding hydrogens is 266 g/mol.